The lowest BCUT2D eigenvalue weighted by Gasteiger charge is -2.06. The Hall–Kier alpha value is -1.20. The van der Waals surface area contributed by atoms with Crippen molar-refractivity contribution in [2.75, 3.05) is 6.54 Å². The number of hydrogen-bond acceptors (Lipinski definition) is 3. The van der Waals surface area contributed by atoms with Crippen LogP contribution in [0.4, 0.5) is 0 Å². The number of carbonyl (C=O) groups is 1. The Morgan fingerprint density at radius 1 is 1.24 bits per heavy atom. The second kappa shape index (κ2) is 5.93. The summed E-state index contributed by atoms with van der Waals surface area (Å²) >= 11 is 0. The Morgan fingerprint density at radius 3 is 2.29 bits per heavy atom. The summed E-state index contributed by atoms with van der Waals surface area (Å²) in [5.74, 6) is 0.0599. The third-order valence-electron chi connectivity index (χ3n) is 2.23. The Morgan fingerprint density at radius 2 is 1.82 bits per heavy atom. The molecule has 0 aliphatic heterocycles. The minimum atomic E-state index is -3.40. The van der Waals surface area contributed by atoms with Gasteiger partial charge in [0.2, 0.25) is 10.0 Å². The van der Waals surface area contributed by atoms with E-state index in [2.05, 4.69) is 4.72 Å². The molecule has 5 heteroatoms. The predicted molar refractivity (Wildman–Crippen MR) is 66.3 cm³/mol. The van der Waals surface area contributed by atoms with Crippen LogP contribution in [-0.4, -0.2) is 20.7 Å². The van der Waals surface area contributed by atoms with Crippen molar-refractivity contribution in [1.29, 1.82) is 0 Å². The quantitative estimate of drug-likeness (QED) is 0.838. The van der Waals surface area contributed by atoms with Crippen molar-refractivity contribution in [1.82, 2.24) is 4.72 Å². The minimum Gasteiger partial charge on any atom is -0.300 e. The monoisotopic (exact) mass is 255 g/mol. The van der Waals surface area contributed by atoms with Crippen LogP contribution in [-0.2, 0) is 21.2 Å². The Labute approximate surface area is 102 Å². The number of Topliss-reactive ketones (excluding diaryl/α,β-unsaturated/α-hetero) is 1. The van der Waals surface area contributed by atoms with E-state index in [0.717, 1.165) is 12.0 Å². The molecule has 0 amide bonds. The molecular weight excluding hydrogens is 238 g/mol. The van der Waals surface area contributed by atoms with Crippen LogP contribution < -0.4 is 4.72 Å². The zero-order valence-corrected chi connectivity index (χ0v) is 10.9. The Balaban J connectivity index is 2.83. The molecule has 0 atom stereocenters. The molecule has 1 N–H and O–H groups in total. The number of ketones is 1. The highest BCUT2D eigenvalue weighted by Gasteiger charge is 2.12. The molecule has 17 heavy (non-hydrogen) atoms. The van der Waals surface area contributed by atoms with Crippen molar-refractivity contribution in [2.24, 2.45) is 0 Å². The van der Waals surface area contributed by atoms with E-state index in [4.69, 9.17) is 0 Å². The van der Waals surface area contributed by atoms with E-state index >= 15 is 0 Å². The van der Waals surface area contributed by atoms with Gasteiger partial charge >= 0.3 is 0 Å². The summed E-state index contributed by atoms with van der Waals surface area (Å²) in [6, 6.07) is 6.39. The van der Waals surface area contributed by atoms with Crippen LogP contribution in [0.2, 0.25) is 0 Å². The van der Waals surface area contributed by atoms with Crippen LogP contribution in [0.3, 0.4) is 0 Å². The van der Waals surface area contributed by atoms with Gasteiger partial charge in [-0.25, -0.2) is 13.1 Å². The summed E-state index contributed by atoms with van der Waals surface area (Å²) < 4.78 is 26.0. The van der Waals surface area contributed by atoms with Gasteiger partial charge in [0, 0.05) is 13.0 Å². The van der Waals surface area contributed by atoms with Crippen LogP contribution >= 0.6 is 0 Å². The summed E-state index contributed by atoms with van der Waals surface area (Å²) in [5, 5.41) is 0. The molecule has 0 heterocycles. The molecule has 4 nitrogen and oxygen atoms in total. The number of nitrogens with one attached hydrogen (secondary N) is 1. The van der Waals surface area contributed by atoms with Crippen molar-refractivity contribution in [3.63, 3.8) is 0 Å². The van der Waals surface area contributed by atoms with Gasteiger partial charge in [0.15, 0.2) is 0 Å². The van der Waals surface area contributed by atoms with E-state index in [-0.39, 0.29) is 10.7 Å². The molecular formula is C12H17NO3S. The van der Waals surface area contributed by atoms with Gasteiger partial charge in [0.05, 0.1) is 4.90 Å². The summed E-state index contributed by atoms with van der Waals surface area (Å²) in [6.45, 7) is 3.84. The van der Waals surface area contributed by atoms with E-state index < -0.39 is 10.0 Å². The SMILES string of the molecule is CCCNS(=O)(=O)c1ccc(CC(C)=O)cc1. The lowest BCUT2D eigenvalue weighted by Crippen LogP contribution is -2.24. The predicted octanol–water partition coefficient (Wildman–Crippen LogP) is 1.51. The molecule has 1 aromatic rings. The fourth-order valence-corrected chi connectivity index (χ4v) is 2.53. The van der Waals surface area contributed by atoms with Crippen LogP contribution in [0.25, 0.3) is 0 Å². The molecule has 0 aromatic heterocycles. The Bertz CT molecular complexity index is 477. The molecule has 0 spiro atoms. The summed E-state index contributed by atoms with van der Waals surface area (Å²) in [5.41, 5.74) is 0.826. The average molecular weight is 255 g/mol. The first-order valence-electron chi connectivity index (χ1n) is 5.53. The lowest BCUT2D eigenvalue weighted by atomic mass is 10.1. The molecule has 1 aromatic carbocycles. The van der Waals surface area contributed by atoms with Crippen LogP contribution in [0, 0.1) is 0 Å². The molecule has 0 unspecified atom stereocenters. The van der Waals surface area contributed by atoms with Gasteiger partial charge in [-0.2, -0.15) is 0 Å². The molecule has 0 aliphatic rings. The van der Waals surface area contributed by atoms with Crippen LogP contribution in [0.15, 0.2) is 29.2 Å². The second-order valence-electron chi connectivity index (χ2n) is 3.92. The molecule has 1 rings (SSSR count). The highest BCUT2D eigenvalue weighted by atomic mass is 32.2. The standard InChI is InChI=1S/C12H17NO3S/c1-3-8-13-17(15,16)12-6-4-11(5-7-12)9-10(2)14/h4-7,13H,3,8-9H2,1-2H3. The molecule has 94 valence electrons. The van der Waals surface area contributed by atoms with Gasteiger partial charge in [-0.15, -0.1) is 0 Å². The number of carbonyl (C=O) groups excluding carboxylic acids is 1. The van der Waals surface area contributed by atoms with Gasteiger partial charge in [0.25, 0.3) is 0 Å². The molecule has 0 saturated heterocycles. The maximum atomic E-state index is 11.7. The third kappa shape index (κ3) is 4.28. The van der Waals surface area contributed by atoms with E-state index in [1.54, 1.807) is 12.1 Å². The largest absolute Gasteiger partial charge is 0.300 e. The summed E-state index contributed by atoms with van der Waals surface area (Å²) in [4.78, 5) is 11.1. The van der Waals surface area contributed by atoms with Gasteiger partial charge in [0.1, 0.15) is 5.78 Å². The van der Waals surface area contributed by atoms with Crippen LogP contribution in [0.1, 0.15) is 25.8 Å². The molecule has 0 bridgehead atoms. The lowest BCUT2D eigenvalue weighted by molar-refractivity contribution is -0.116. The number of rotatable bonds is 6. The molecule has 0 saturated carbocycles. The maximum Gasteiger partial charge on any atom is 0.240 e. The first-order chi connectivity index (χ1) is 7.95. The smallest absolute Gasteiger partial charge is 0.240 e. The molecule has 0 aliphatic carbocycles. The first-order valence-corrected chi connectivity index (χ1v) is 7.02. The third-order valence-corrected chi connectivity index (χ3v) is 3.71. The van der Waals surface area contributed by atoms with Crippen molar-refractivity contribution in [3.8, 4) is 0 Å². The number of benzene rings is 1. The molecule has 0 fully saturated rings. The van der Waals surface area contributed by atoms with Crippen molar-refractivity contribution >= 4 is 15.8 Å². The fraction of sp³-hybridized carbons (Fsp3) is 0.417. The van der Waals surface area contributed by atoms with Gasteiger partial charge < -0.3 is 0 Å². The fourth-order valence-electron chi connectivity index (χ4n) is 1.39. The van der Waals surface area contributed by atoms with Gasteiger partial charge in [-0.05, 0) is 31.0 Å². The highest BCUT2D eigenvalue weighted by Crippen LogP contribution is 2.11. The topological polar surface area (TPSA) is 63.2 Å². The second-order valence-corrected chi connectivity index (χ2v) is 5.69. The molecule has 0 radical (unpaired) electrons. The van der Waals surface area contributed by atoms with E-state index in [1.165, 1.54) is 19.1 Å². The summed E-state index contributed by atoms with van der Waals surface area (Å²) in [7, 11) is -3.40. The van der Waals surface area contributed by atoms with E-state index in [1.807, 2.05) is 6.92 Å². The van der Waals surface area contributed by atoms with Gasteiger partial charge in [-0.3, -0.25) is 4.79 Å². The van der Waals surface area contributed by atoms with E-state index in [9.17, 15) is 13.2 Å². The zero-order valence-electron chi connectivity index (χ0n) is 10.1. The Kier molecular flexibility index (Phi) is 4.84. The van der Waals surface area contributed by atoms with Crippen molar-refractivity contribution in [3.05, 3.63) is 29.8 Å². The first kappa shape index (κ1) is 13.9. The van der Waals surface area contributed by atoms with Gasteiger partial charge in [-0.1, -0.05) is 19.1 Å². The highest BCUT2D eigenvalue weighted by molar-refractivity contribution is 7.89. The van der Waals surface area contributed by atoms with Crippen LogP contribution in [0.5, 0.6) is 0 Å². The maximum absolute atomic E-state index is 11.7. The van der Waals surface area contributed by atoms with Crippen molar-refractivity contribution in [2.45, 2.75) is 31.6 Å². The van der Waals surface area contributed by atoms with E-state index in [0.29, 0.717) is 13.0 Å². The average Bonchev–Trinajstić information content (AvgIpc) is 2.26. The minimum absolute atomic E-state index is 0.0599. The van der Waals surface area contributed by atoms with Crippen molar-refractivity contribution < 1.29 is 13.2 Å². The summed E-state index contributed by atoms with van der Waals surface area (Å²) in [6.07, 6.45) is 1.09. The zero-order chi connectivity index (χ0) is 12.9. The number of hydrogen-bond donors (Lipinski definition) is 1. The number of sulfonamides is 1. The normalized spacial score (nSPS) is 11.4.